The van der Waals surface area contributed by atoms with Crippen molar-refractivity contribution in [2.45, 2.75) is 5.88 Å². The SMILES string of the molecule is COCOc1ccc2ccccc2c1CCl. The highest BCUT2D eigenvalue weighted by molar-refractivity contribution is 6.18. The Labute approximate surface area is 99.7 Å². The van der Waals surface area contributed by atoms with Gasteiger partial charge in [-0.3, -0.25) is 0 Å². The Hall–Kier alpha value is -1.25. The second-order valence-corrected chi connectivity index (χ2v) is 3.72. The van der Waals surface area contributed by atoms with Gasteiger partial charge in [0.25, 0.3) is 0 Å². The number of ether oxygens (including phenoxy) is 2. The molecule has 0 N–H and O–H groups in total. The number of benzene rings is 2. The molecule has 0 saturated heterocycles. The third-order valence-electron chi connectivity index (χ3n) is 2.46. The quantitative estimate of drug-likeness (QED) is 0.597. The number of hydrogen-bond acceptors (Lipinski definition) is 2. The average molecular weight is 237 g/mol. The van der Waals surface area contributed by atoms with Gasteiger partial charge >= 0.3 is 0 Å². The van der Waals surface area contributed by atoms with E-state index in [4.69, 9.17) is 21.1 Å². The molecule has 2 rings (SSSR count). The van der Waals surface area contributed by atoms with Crippen molar-refractivity contribution in [2.24, 2.45) is 0 Å². The van der Waals surface area contributed by atoms with Gasteiger partial charge in [-0.15, -0.1) is 11.6 Å². The third kappa shape index (κ3) is 2.13. The van der Waals surface area contributed by atoms with E-state index in [1.54, 1.807) is 7.11 Å². The summed E-state index contributed by atoms with van der Waals surface area (Å²) in [5, 5.41) is 2.30. The highest BCUT2D eigenvalue weighted by atomic mass is 35.5. The van der Waals surface area contributed by atoms with E-state index in [9.17, 15) is 0 Å². The van der Waals surface area contributed by atoms with Crippen LogP contribution in [0.3, 0.4) is 0 Å². The fourth-order valence-electron chi connectivity index (χ4n) is 1.71. The Balaban J connectivity index is 2.50. The molecule has 2 aromatic carbocycles. The summed E-state index contributed by atoms with van der Waals surface area (Å²) in [7, 11) is 1.60. The summed E-state index contributed by atoms with van der Waals surface area (Å²) in [6.07, 6.45) is 0. The van der Waals surface area contributed by atoms with Crippen LogP contribution in [-0.4, -0.2) is 13.9 Å². The van der Waals surface area contributed by atoms with Crippen molar-refractivity contribution < 1.29 is 9.47 Å². The first-order valence-corrected chi connectivity index (χ1v) is 5.58. The minimum atomic E-state index is 0.238. The van der Waals surface area contributed by atoms with Gasteiger partial charge in [-0.25, -0.2) is 0 Å². The monoisotopic (exact) mass is 236 g/mol. The van der Waals surface area contributed by atoms with E-state index >= 15 is 0 Å². The molecule has 0 atom stereocenters. The molecule has 0 unspecified atom stereocenters. The molecule has 2 aromatic rings. The van der Waals surface area contributed by atoms with Gasteiger partial charge in [-0.05, 0) is 16.8 Å². The van der Waals surface area contributed by atoms with Crippen molar-refractivity contribution in [3.8, 4) is 5.75 Å². The molecule has 0 aliphatic carbocycles. The molecule has 0 radical (unpaired) electrons. The largest absolute Gasteiger partial charge is 0.467 e. The molecule has 0 aromatic heterocycles. The van der Waals surface area contributed by atoms with Crippen LogP contribution in [0.25, 0.3) is 10.8 Å². The van der Waals surface area contributed by atoms with Crippen LogP contribution in [0, 0.1) is 0 Å². The molecule has 0 aliphatic heterocycles. The van der Waals surface area contributed by atoms with Crippen molar-refractivity contribution in [2.75, 3.05) is 13.9 Å². The molecule has 0 spiro atoms. The number of hydrogen-bond donors (Lipinski definition) is 0. The Morgan fingerprint density at radius 2 is 1.94 bits per heavy atom. The molecular formula is C13H13ClO2. The maximum atomic E-state index is 5.97. The lowest BCUT2D eigenvalue weighted by atomic mass is 10.0. The number of halogens is 1. The first-order valence-electron chi connectivity index (χ1n) is 5.05. The smallest absolute Gasteiger partial charge is 0.188 e. The second-order valence-electron chi connectivity index (χ2n) is 3.45. The van der Waals surface area contributed by atoms with Gasteiger partial charge in [0.15, 0.2) is 6.79 Å². The molecule has 84 valence electrons. The maximum absolute atomic E-state index is 5.97. The fraction of sp³-hybridized carbons (Fsp3) is 0.231. The number of rotatable bonds is 4. The predicted molar refractivity (Wildman–Crippen MR) is 66.0 cm³/mol. The molecule has 0 amide bonds. The molecular weight excluding hydrogens is 224 g/mol. The normalized spacial score (nSPS) is 10.6. The molecule has 2 nitrogen and oxygen atoms in total. The Bertz CT molecular complexity index is 482. The van der Waals surface area contributed by atoms with E-state index in [-0.39, 0.29) is 6.79 Å². The van der Waals surface area contributed by atoms with Gasteiger partial charge in [0.1, 0.15) is 5.75 Å². The van der Waals surface area contributed by atoms with Crippen LogP contribution in [0.2, 0.25) is 0 Å². The van der Waals surface area contributed by atoms with Crippen LogP contribution in [0.15, 0.2) is 36.4 Å². The van der Waals surface area contributed by atoms with Crippen molar-refractivity contribution in [1.82, 2.24) is 0 Å². The number of fused-ring (bicyclic) bond motifs is 1. The Kier molecular flexibility index (Phi) is 3.65. The van der Waals surface area contributed by atoms with Gasteiger partial charge < -0.3 is 9.47 Å². The van der Waals surface area contributed by atoms with Crippen LogP contribution in [0.5, 0.6) is 5.75 Å². The fourth-order valence-corrected chi connectivity index (χ4v) is 1.99. The zero-order valence-corrected chi connectivity index (χ0v) is 9.83. The van der Waals surface area contributed by atoms with Crippen molar-refractivity contribution in [1.29, 1.82) is 0 Å². The summed E-state index contributed by atoms with van der Waals surface area (Å²) in [5.41, 5.74) is 1.01. The van der Waals surface area contributed by atoms with Crippen LogP contribution < -0.4 is 4.74 Å². The zero-order valence-electron chi connectivity index (χ0n) is 9.07. The highest BCUT2D eigenvalue weighted by Gasteiger charge is 2.07. The van der Waals surface area contributed by atoms with Gasteiger partial charge in [0.2, 0.25) is 0 Å². The highest BCUT2D eigenvalue weighted by Crippen LogP contribution is 2.29. The summed E-state index contributed by atoms with van der Waals surface area (Å²) in [6, 6.07) is 12.1. The third-order valence-corrected chi connectivity index (χ3v) is 2.73. The van der Waals surface area contributed by atoms with Crippen LogP contribution in [0.1, 0.15) is 5.56 Å². The predicted octanol–water partition coefficient (Wildman–Crippen LogP) is 3.56. The molecule has 3 heteroatoms. The Morgan fingerprint density at radius 1 is 1.12 bits per heavy atom. The zero-order chi connectivity index (χ0) is 11.4. The number of methoxy groups -OCH3 is 1. The van der Waals surface area contributed by atoms with Crippen LogP contribution >= 0.6 is 11.6 Å². The van der Waals surface area contributed by atoms with Gasteiger partial charge in [0, 0.05) is 12.7 Å². The molecule has 0 heterocycles. The maximum Gasteiger partial charge on any atom is 0.188 e. The topological polar surface area (TPSA) is 18.5 Å². The summed E-state index contributed by atoms with van der Waals surface area (Å²) in [4.78, 5) is 0. The first kappa shape index (κ1) is 11.2. The van der Waals surface area contributed by atoms with Gasteiger partial charge in [0.05, 0.1) is 5.88 Å². The second kappa shape index (κ2) is 5.19. The minimum Gasteiger partial charge on any atom is -0.467 e. The summed E-state index contributed by atoms with van der Waals surface area (Å²) in [5.74, 6) is 1.22. The van der Waals surface area contributed by atoms with E-state index < -0.39 is 0 Å². The lowest BCUT2D eigenvalue weighted by molar-refractivity contribution is 0.0507. The summed E-state index contributed by atoms with van der Waals surface area (Å²) < 4.78 is 10.4. The Morgan fingerprint density at radius 3 is 2.69 bits per heavy atom. The molecule has 0 aliphatic rings. The lowest BCUT2D eigenvalue weighted by Crippen LogP contribution is -2.01. The van der Waals surface area contributed by atoms with E-state index in [1.807, 2.05) is 30.3 Å². The van der Waals surface area contributed by atoms with Crippen LogP contribution in [0.4, 0.5) is 0 Å². The minimum absolute atomic E-state index is 0.238. The van der Waals surface area contributed by atoms with Gasteiger partial charge in [-0.1, -0.05) is 30.3 Å². The van der Waals surface area contributed by atoms with Gasteiger partial charge in [-0.2, -0.15) is 0 Å². The van der Waals surface area contributed by atoms with E-state index in [0.717, 1.165) is 16.7 Å². The van der Waals surface area contributed by atoms with Crippen molar-refractivity contribution in [3.63, 3.8) is 0 Å². The van der Waals surface area contributed by atoms with Crippen molar-refractivity contribution >= 4 is 22.4 Å². The first-order chi connectivity index (χ1) is 7.86. The summed E-state index contributed by atoms with van der Waals surface area (Å²) in [6.45, 7) is 0.238. The van der Waals surface area contributed by atoms with E-state index in [2.05, 4.69) is 6.07 Å². The molecule has 0 saturated carbocycles. The summed E-state index contributed by atoms with van der Waals surface area (Å²) >= 11 is 5.97. The lowest BCUT2D eigenvalue weighted by Gasteiger charge is -2.11. The standard InChI is InChI=1S/C13H13ClO2/c1-15-9-16-13-7-6-10-4-2-3-5-11(10)12(13)8-14/h2-7H,8-9H2,1H3. The molecule has 0 bridgehead atoms. The van der Waals surface area contributed by atoms with E-state index in [0.29, 0.717) is 5.88 Å². The number of alkyl halides is 1. The van der Waals surface area contributed by atoms with Crippen molar-refractivity contribution in [3.05, 3.63) is 42.0 Å². The molecule has 0 fully saturated rings. The average Bonchev–Trinajstić information content (AvgIpc) is 2.35. The van der Waals surface area contributed by atoms with Crippen LogP contribution in [-0.2, 0) is 10.6 Å². The molecule has 16 heavy (non-hydrogen) atoms. The van der Waals surface area contributed by atoms with E-state index in [1.165, 1.54) is 5.39 Å².